The van der Waals surface area contributed by atoms with Crippen molar-refractivity contribution in [1.82, 2.24) is 9.97 Å². The molecule has 2 heterocycles. The van der Waals surface area contributed by atoms with E-state index in [1.165, 1.54) is 37.1 Å². The number of rotatable bonds is 4. The highest BCUT2D eigenvalue weighted by Crippen LogP contribution is 2.39. The minimum Gasteiger partial charge on any atom is -0.465 e. The van der Waals surface area contributed by atoms with E-state index in [2.05, 4.69) is 15.3 Å². The summed E-state index contributed by atoms with van der Waals surface area (Å²) >= 11 is 1.70. The molecular weight excluding hydrogens is 366 g/mol. The van der Waals surface area contributed by atoms with Gasteiger partial charge in [-0.05, 0) is 43.0 Å². The summed E-state index contributed by atoms with van der Waals surface area (Å²) in [5.74, 6) is -0.404. The van der Waals surface area contributed by atoms with E-state index in [0.29, 0.717) is 11.5 Å². The smallest absolute Gasteiger partial charge is 0.337 e. The van der Waals surface area contributed by atoms with Gasteiger partial charge in [0.2, 0.25) is 0 Å². The molecule has 0 bridgehead atoms. The number of hydrogen-bond acceptors (Lipinski definition) is 8. The standard InChI is InChI=1S/C19H17N3O4S/c1-25-18(23)10-6-11(19(24)26-2)8-12(7-10)22-16-15-13-4-3-5-14(13)27-17(15)21-9-20-16/h6-9H,3-5H2,1-2H3,(H,20,21,22). The highest BCUT2D eigenvalue weighted by atomic mass is 32.1. The molecule has 1 aliphatic carbocycles. The largest absolute Gasteiger partial charge is 0.465 e. The SMILES string of the molecule is COC(=O)c1cc(Nc2ncnc3sc4c(c23)CCC4)cc(C(=O)OC)c1. The highest BCUT2D eigenvalue weighted by Gasteiger charge is 2.22. The maximum Gasteiger partial charge on any atom is 0.337 e. The summed E-state index contributed by atoms with van der Waals surface area (Å²) in [6.45, 7) is 0. The van der Waals surface area contributed by atoms with Gasteiger partial charge in [0.15, 0.2) is 0 Å². The Labute approximate surface area is 159 Å². The van der Waals surface area contributed by atoms with Crippen molar-refractivity contribution in [2.75, 3.05) is 19.5 Å². The van der Waals surface area contributed by atoms with Gasteiger partial charge in [0.05, 0.1) is 30.7 Å². The van der Waals surface area contributed by atoms with Crippen molar-refractivity contribution in [3.8, 4) is 0 Å². The van der Waals surface area contributed by atoms with Crippen molar-refractivity contribution in [1.29, 1.82) is 0 Å². The molecular formula is C19H17N3O4S. The van der Waals surface area contributed by atoms with Gasteiger partial charge in [0.1, 0.15) is 17.0 Å². The molecule has 0 amide bonds. The van der Waals surface area contributed by atoms with E-state index >= 15 is 0 Å². The zero-order chi connectivity index (χ0) is 19.0. The number of aryl methyl sites for hydroxylation is 2. The normalized spacial score (nSPS) is 12.7. The Morgan fingerprint density at radius 1 is 1.04 bits per heavy atom. The number of hydrogen-bond donors (Lipinski definition) is 1. The van der Waals surface area contributed by atoms with E-state index in [1.807, 2.05) is 0 Å². The minimum atomic E-state index is -0.534. The quantitative estimate of drug-likeness (QED) is 0.690. The Balaban J connectivity index is 1.79. The summed E-state index contributed by atoms with van der Waals surface area (Å²) in [6.07, 6.45) is 4.73. The van der Waals surface area contributed by atoms with E-state index in [4.69, 9.17) is 9.47 Å². The predicted molar refractivity (Wildman–Crippen MR) is 102 cm³/mol. The number of nitrogens with zero attached hydrogens (tertiary/aromatic N) is 2. The van der Waals surface area contributed by atoms with Crippen molar-refractivity contribution in [3.05, 3.63) is 46.1 Å². The molecule has 8 heteroatoms. The molecule has 0 spiro atoms. The molecule has 1 aliphatic rings. The fourth-order valence-corrected chi connectivity index (χ4v) is 4.56. The molecule has 0 atom stereocenters. The van der Waals surface area contributed by atoms with Crippen LogP contribution in [-0.4, -0.2) is 36.1 Å². The lowest BCUT2D eigenvalue weighted by molar-refractivity contribution is 0.0599. The number of benzene rings is 1. The van der Waals surface area contributed by atoms with Crippen LogP contribution in [0.5, 0.6) is 0 Å². The number of ether oxygens (including phenoxy) is 2. The van der Waals surface area contributed by atoms with Gasteiger partial charge in [-0.25, -0.2) is 19.6 Å². The molecule has 0 saturated heterocycles. The van der Waals surface area contributed by atoms with Gasteiger partial charge in [-0.15, -0.1) is 11.3 Å². The second-order valence-electron chi connectivity index (χ2n) is 6.17. The number of aromatic nitrogens is 2. The lowest BCUT2D eigenvalue weighted by Gasteiger charge is -2.11. The molecule has 0 radical (unpaired) electrons. The van der Waals surface area contributed by atoms with E-state index in [-0.39, 0.29) is 11.1 Å². The topological polar surface area (TPSA) is 90.4 Å². The van der Waals surface area contributed by atoms with Crippen molar-refractivity contribution >= 4 is 45.0 Å². The van der Waals surface area contributed by atoms with Gasteiger partial charge >= 0.3 is 11.9 Å². The fourth-order valence-electron chi connectivity index (χ4n) is 3.33. The maximum atomic E-state index is 12.0. The minimum absolute atomic E-state index is 0.253. The third-order valence-electron chi connectivity index (χ3n) is 4.54. The molecule has 3 aromatic rings. The van der Waals surface area contributed by atoms with Gasteiger partial charge in [-0.2, -0.15) is 0 Å². The van der Waals surface area contributed by atoms with Crippen molar-refractivity contribution in [3.63, 3.8) is 0 Å². The maximum absolute atomic E-state index is 12.0. The first-order chi connectivity index (χ1) is 13.1. The summed E-state index contributed by atoms with van der Waals surface area (Å²) in [6, 6.07) is 4.69. The molecule has 0 fully saturated rings. The summed E-state index contributed by atoms with van der Waals surface area (Å²) in [4.78, 5) is 35.0. The fraction of sp³-hybridized carbons (Fsp3) is 0.263. The van der Waals surface area contributed by atoms with Crippen LogP contribution in [0.4, 0.5) is 11.5 Å². The van der Waals surface area contributed by atoms with Crippen LogP contribution >= 0.6 is 11.3 Å². The molecule has 1 N–H and O–H groups in total. The molecule has 0 saturated carbocycles. The van der Waals surface area contributed by atoms with Crippen molar-refractivity contribution in [2.45, 2.75) is 19.3 Å². The molecule has 138 valence electrons. The molecule has 7 nitrogen and oxygen atoms in total. The van der Waals surface area contributed by atoms with Crippen LogP contribution in [0.25, 0.3) is 10.2 Å². The number of methoxy groups -OCH3 is 2. The summed E-state index contributed by atoms with van der Waals surface area (Å²) in [5, 5.41) is 4.25. The van der Waals surface area contributed by atoms with E-state index in [1.54, 1.807) is 23.5 Å². The van der Waals surface area contributed by atoms with Crippen LogP contribution in [0, 0.1) is 0 Å². The third kappa shape index (κ3) is 3.12. The van der Waals surface area contributed by atoms with Crippen LogP contribution in [0.2, 0.25) is 0 Å². The number of fused-ring (bicyclic) bond motifs is 3. The van der Waals surface area contributed by atoms with Crippen LogP contribution < -0.4 is 5.32 Å². The first-order valence-corrected chi connectivity index (χ1v) is 9.26. The van der Waals surface area contributed by atoms with Crippen LogP contribution in [0.3, 0.4) is 0 Å². The van der Waals surface area contributed by atoms with Crippen LogP contribution in [-0.2, 0) is 22.3 Å². The second kappa shape index (κ2) is 6.96. The molecule has 2 aromatic heterocycles. The van der Waals surface area contributed by atoms with Gasteiger partial charge in [-0.1, -0.05) is 0 Å². The summed E-state index contributed by atoms with van der Waals surface area (Å²) in [7, 11) is 2.59. The van der Waals surface area contributed by atoms with E-state index in [9.17, 15) is 9.59 Å². The third-order valence-corrected chi connectivity index (χ3v) is 5.74. The Morgan fingerprint density at radius 3 is 2.41 bits per heavy atom. The van der Waals surface area contributed by atoms with Gasteiger partial charge in [-0.3, -0.25) is 0 Å². The summed E-state index contributed by atoms with van der Waals surface area (Å²) < 4.78 is 9.57. The van der Waals surface area contributed by atoms with Gasteiger partial charge in [0.25, 0.3) is 0 Å². The molecule has 4 rings (SSSR count). The number of esters is 2. The second-order valence-corrected chi connectivity index (χ2v) is 7.25. The van der Waals surface area contributed by atoms with E-state index in [0.717, 1.165) is 29.5 Å². The molecule has 0 aliphatic heterocycles. The average molecular weight is 383 g/mol. The molecule has 0 unspecified atom stereocenters. The Kier molecular flexibility index (Phi) is 4.49. The summed E-state index contributed by atoms with van der Waals surface area (Å²) in [5.41, 5.74) is 2.35. The van der Waals surface area contributed by atoms with Crippen LogP contribution in [0.15, 0.2) is 24.5 Å². The molecule has 27 heavy (non-hydrogen) atoms. The lowest BCUT2D eigenvalue weighted by Crippen LogP contribution is -2.08. The van der Waals surface area contributed by atoms with Crippen molar-refractivity contribution in [2.24, 2.45) is 0 Å². The monoisotopic (exact) mass is 383 g/mol. The number of carbonyl (C=O) groups is 2. The zero-order valence-corrected chi connectivity index (χ0v) is 15.7. The Hall–Kier alpha value is -3.00. The van der Waals surface area contributed by atoms with Gasteiger partial charge < -0.3 is 14.8 Å². The number of carbonyl (C=O) groups excluding carboxylic acids is 2. The van der Waals surface area contributed by atoms with E-state index < -0.39 is 11.9 Å². The number of nitrogens with one attached hydrogen (secondary N) is 1. The van der Waals surface area contributed by atoms with Gasteiger partial charge in [0, 0.05) is 10.6 Å². The Bertz CT molecular complexity index is 1030. The number of anilines is 2. The first-order valence-electron chi connectivity index (χ1n) is 8.44. The lowest BCUT2D eigenvalue weighted by atomic mass is 10.1. The molecule has 1 aromatic carbocycles. The Morgan fingerprint density at radius 2 is 1.74 bits per heavy atom. The highest BCUT2D eigenvalue weighted by molar-refractivity contribution is 7.19. The number of thiophene rings is 1. The van der Waals surface area contributed by atoms with Crippen LogP contribution in [0.1, 0.15) is 37.6 Å². The zero-order valence-electron chi connectivity index (χ0n) is 14.9. The first kappa shape index (κ1) is 17.4. The van der Waals surface area contributed by atoms with Crippen molar-refractivity contribution < 1.29 is 19.1 Å². The predicted octanol–water partition coefficient (Wildman–Crippen LogP) is 3.50. The average Bonchev–Trinajstić information content (AvgIpc) is 3.27.